The summed E-state index contributed by atoms with van der Waals surface area (Å²) in [5.41, 5.74) is 7.74. The van der Waals surface area contributed by atoms with E-state index in [1.54, 1.807) is 11.0 Å². The number of Topliss-reactive ketones (excluding diaryl/α,β-unsaturated/α-hetero) is 1. The Morgan fingerprint density at radius 1 is 1.00 bits per heavy atom. The van der Waals surface area contributed by atoms with Crippen LogP contribution in [-0.4, -0.2) is 39.4 Å². The molecule has 3 aromatic rings. The maximum absolute atomic E-state index is 13.2. The smallest absolute Gasteiger partial charge is 0.323 e. The number of rotatable bonds is 5. The van der Waals surface area contributed by atoms with Crippen LogP contribution in [0.1, 0.15) is 24.8 Å². The molecule has 2 heterocycles. The van der Waals surface area contributed by atoms with E-state index in [9.17, 15) is 14.4 Å². The fourth-order valence-electron chi connectivity index (χ4n) is 4.76. The molecule has 5 rings (SSSR count). The third-order valence-corrected chi connectivity index (χ3v) is 6.40. The Labute approximate surface area is 179 Å². The van der Waals surface area contributed by atoms with E-state index in [2.05, 4.69) is 5.32 Å². The quantitative estimate of drug-likeness (QED) is 0.663. The van der Waals surface area contributed by atoms with Gasteiger partial charge in [-0.15, -0.1) is 0 Å². The lowest BCUT2D eigenvalue weighted by Gasteiger charge is -2.26. The van der Waals surface area contributed by atoms with E-state index in [-0.39, 0.29) is 17.9 Å². The van der Waals surface area contributed by atoms with E-state index in [0.717, 1.165) is 23.8 Å². The summed E-state index contributed by atoms with van der Waals surface area (Å²) in [7, 11) is 0. The molecule has 0 unspecified atom stereocenters. The highest BCUT2D eigenvalue weighted by Crippen LogP contribution is 2.48. The van der Waals surface area contributed by atoms with Crippen molar-refractivity contribution in [1.29, 1.82) is 0 Å². The Bertz CT molecular complexity index is 1170. The van der Waals surface area contributed by atoms with Gasteiger partial charge >= 0.3 is 12.1 Å². The minimum absolute atomic E-state index is 0.103. The molecule has 3 atom stereocenters. The van der Waals surface area contributed by atoms with E-state index < -0.39 is 12.1 Å². The lowest BCUT2D eigenvalue weighted by atomic mass is 10.0. The predicted octanol–water partition coefficient (Wildman–Crippen LogP) is 3.76. The molecule has 0 radical (unpaired) electrons. The van der Waals surface area contributed by atoms with Gasteiger partial charge in [-0.25, -0.2) is 9.59 Å². The number of piperidine rings is 1. The van der Waals surface area contributed by atoms with E-state index in [1.807, 2.05) is 48.5 Å². The average molecular weight is 416 g/mol. The Morgan fingerprint density at radius 2 is 1.74 bits per heavy atom. The molecule has 1 saturated carbocycles. The summed E-state index contributed by atoms with van der Waals surface area (Å²) in [6.07, 6.45) is 4.30. The maximum atomic E-state index is 13.2. The molecule has 3 amide bonds. The molecular formula is C24H24N4O3. The lowest BCUT2D eigenvalue weighted by molar-refractivity contribution is -0.122. The molecular weight excluding hydrogens is 392 g/mol. The average Bonchev–Trinajstić information content (AvgIpc) is 3.28. The van der Waals surface area contributed by atoms with Crippen LogP contribution in [0.2, 0.25) is 0 Å². The molecule has 2 fully saturated rings. The zero-order valence-corrected chi connectivity index (χ0v) is 17.0. The van der Waals surface area contributed by atoms with Gasteiger partial charge in [0.05, 0.1) is 17.2 Å². The van der Waals surface area contributed by atoms with Crippen molar-refractivity contribution in [3.05, 3.63) is 66.4 Å². The lowest BCUT2D eigenvalue weighted by Crippen LogP contribution is -2.45. The van der Waals surface area contributed by atoms with Gasteiger partial charge < -0.3 is 16.0 Å². The molecule has 3 N–H and O–H groups in total. The van der Waals surface area contributed by atoms with Crippen molar-refractivity contribution < 1.29 is 14.4 Å². The molecule has 1 aliphatic heterocycles. The van der Waals surface area contributed by atoms with Crippen LogP contribution in [0.15, 0.2) is 60.8 Å². The summed E-state index contributed by atoms with van der Waals surface area (Å²) in [6, 6.07) is 16.0. The number of carbonyl (C=O) groups excluding carboxylic acids is 3. The highest BCUT2D eigenvalue weighted by molar-refractivity contribution is 6.05. The van der Waals surface area contributed by atoms with Crippen molar-refractivity contribution in [3.63, 3.8) is 0 Å². The monoisotopic (exact) mass is 416 g/mol. The van der Waals surface area contributed by atoms with E-state index in [4.69, 9.17) is 5.73 Å². The zero-order valence-electron chi connectivity index (χ0n) is 17.0. The number of amides is 3. The molecule has 1 aromatic heterocycles. The molecule has 0 spiro atoms. The number of nitrogens with zero attached hydrogens (tertiary/aromatic N) is 2. The van der Waals surface area contributed by atoms with Crippen LogP contribution < -0.4 is 11.1 Å². The van der Waals surface area contributed by atoms with Crippen molar-refractivity contribution in [1.82, 2.24) is 9.47 Å². The third-order valence-electron chi connectivity index (χ3n) is 6.40. The van der Waals surface area contributed by atoms with Gasteiger partial charge in [-0.2, -0.15) is 0 Å². The first kappa shape index (κ1) is 19.4. The fraction of sp³-hybridized carbons (Fsp3) is 0.292. The molecule has 7 nitrogen and oxygen atoms in total. The second-order valence-electron chi connectivity index (χ2n) is 8.37. The number of hydrogen-bond acceptors (Lipinski definition) is 3. The second-order valence-corrected chi connectivity index (χ2v) is 8.37. The van der Waals surface area contributed by atoms with E-state index in [0.29, 0.717) is 30.0 Å². The van der Waals surface area contributed by atoms with Crippen molar-refractivity contribution in [2.24, 2.45) is 11.7 Å². The minimum atomic E-state index is -0.617. The van der Waals surface area contributed by atoms with E-state index >= 15 is 0 Å². The summed E-state index contributed by atoms with van der Waals surface area (Å²) < 4.78 is 1.32. The standard InChI is InChI=1S/C24H24N4O3/c25-23(30)27-14-18(17-8-4-5-9-19(17)27)26-24(31)28-20-12-16(20)13-21(28)22(29)11-10-15-6-2-1-3-7-15/h1-9,14,16,20-21H,10-13H2,(H2,25,30)(H,26,31)/t16-,20-,21+/m1/s1. The number of aryl methyl sites for hydroxylation is 1. The van der Waals surface area contributed by atoms with Crippen LogP contribution in [0, 0.1) is 5.92 Å². The van der Waals surface area contributed by atoms with Gasteiger partial charge in [0, 0.05) is 24.0 Å². The number of primary amides is 1. The van der Waals surface area contributed by atoms with Crippen LogP contribution in [0.4, 0.5) is 15.3 Å². The number of benzene rings is 2. The maximum Gasteiger partial charge on any atom is 0.323 e. The van der Waals surface area contributed by atoms with Gasteiger partial charge in [-0.3, -0.25) is 9.36 Å². The van der Waals surface area contributed by atoms with Crippen LogP contribution in [0.3, 0.4) is 0 Å². The largest absolute Gasteiger partial charge is 0.351 e. The Hall–Kier alpha value is -3.61. The number of ketones is 1. The molecule has 31 heavy (non-hydrogen) atoms. The third kappa shape index (κ3) is 3.56. The van der Waals surface area contributed by atoms with Crippen molar-refractivity contribution in [2.75, 3.05) is 5.32 Å². The van der Waals surface area contributed by atoms with Gasteiger partial charge in [0.15, 0.2) is 5.78 Å². The summed E-state index contributed by atoms with van der Waals surface area (Å²) in [6.45, 7) is 0. The summed E-state index contributed by atoms with van der Waals surface area (Å²) in [5.74, 6) is 0.508. The highest BCUT2D eigenvalue weighted by atomic mass is 16.2. The SMILES string of the molecule is NC(=O)n1cc(NC(=O)N2[C@@H]3C[C@@H]3C[C@H]2C(=O)CCc2ccccc2)c2ccccc21. The number of urea groups is 1. The molecule has 7 heteroatoms. The first-order chi connectivity index (χ1) is 15.0. The fourth-order valence-corrected chi connectivity index (χ4v) is 4.76. The molecule has 2 aliphatic rings. The first-order valence-electron chi connectivity index (χ1n) is 10.6. The summed E-state index contributed by atoms with van der Waals surface area (Å²) >= 11 is 0. The second kappa shape index (κ2) is 7.58. The first-order valence-corrected chi connectivity index (χ1v) is 10.6. The van der Waals surface area contributed by atoms with Crippen LogP contribution in [0.25, 0.3) is 10.9 Å². The van der Waals surface area contributed by atoms with Gasteiger partial charge in [0.2, 0.25) is 0 Å². The van der Waals surface area contributed by atoms with Crippen LogP contribution in [0.5, 0.6) is 0 Å². The predicted molar refractivity (Wildman–Crippen MR) is 118 cm³/mol. The number of aromatic nitrogens is 1. The number of para-hydroxylation sites is 1. The zero-order chi connectivity index (χ0) is 21.5. The molecule has 0 bridgehead atoms. The molecule has 2 aromatic carbocycles. The van der Waals surface area contributed by atoms with Gasteiger partial charge in [-0.05, 0) is 36.8 Å². The number of fused-ring (bicyclic) bond motifs is 2. The van der Waals surface area contributed by atoms with Crippen molar-refractivity contribution in [2.45, 2.75) is 37.8 Å². The van der Waals surface area contributed by atoms with Crippen molar-refractivity contribution in [3.8, 4) is 0 Å². The van der Waals surface area contributed by atoms with Crippen molar-refractivity contribution >= 4 is 34.4 Å². The number of anilines is 1. The number of likely N-dealkylation sites (tertiary alicyclic amines) is 1. The van der Waals surface area contributed by atoms with Gasteiger partial charge in [-0.1, -0.05) is 48.5 Å². The Morgan fingerprint density at radius 3 is 2.52 bits per heavy atom. The number of carbonyl (C=O) groups is 3. The van der Waals surface area contributed by atoms with Gasteiger partial charge in [0.25, 0.3) is 0 Å². The Kier molecular flexibility index (Phi) is 4.73. The molecule has 1 saturated heterocycles. The number of hydrogen-bond donors (Lipinski definition) is 2. The van der Waals surface area contributed by atoms with Gasteiger partial charge in [0.1, 0.15) is 0 Å². The topological polar surface area (TPSA) is 97.4 Å². The molecule has 1 aliphatic carbocycles. The highest BCUT2D eigenvalue weighted by Gasteiger charge is 2.55. The van der Waals surface area contributed by atoms with E-state index in [1.165, 1.54) is 10.8 Å². The molecule has 158 valence electrons. The minimum Gasteiger partial charge on any atom is -0.351 e. The number of nitrogens with one attached hydrogen (secondary N) is 1. The Balaban J connectivity index is 1.33. The number of nitrogens with two attached hydrogens (primary N) is 1. The van der Waals surface area contributed by atoms with Crippen LogP contribution in [-0.2, 0) is 11.2 Å². The summed E-state index contributed by atoms with van der Waals surface area (Å²) in [5, 5.41) is 3.65. The summed E-state index contributed by atoms with van der Waals surface area (Å²) in [4.78, 5) is 39.7. The van der Waals surface area contributed by atoms with Crippen LogP contribution >= 0.6 is 0 Å². The normalized spacial score (nSPS) is 21.7.